The van der Waals surface area contributed by atoms with Gasteiger partial charge in [-0.05, 0) is 42.0 Å². The van der Waals surface area contributed by atoms with Gasteiger partial charge in [-0.15, -0.1) is 11.3 Å². The monoisotopic (exact) mass is 554 g/mol. The number of amidine groups is 1. The van der Waals surface area contributed by atoms with Crippen LogP contribution in [0.4, 0.5) is 10.7 Å². The molecule has 2 N–H and O–H groups in total. The van der Waals surface area contributed by atoms with Gasteiger partial charge in [-0.3, -0.25) is 15.1 Å². The molecule has 4 nitrogen and oxygen atoms in total. The molecule has 0 bridgehead atoms. The molecule has 7 heteroatoms. The number of anilines is 2. The fraction of sp³-hybridized carbons (Fsp3) is 0.0323. The van der Waals surface area contributed by atoms with E-state index in [0.29, 0.717) is 53.1 Å². The molecule has 0 saturated heterocycles. The van der Waals surface area contributed by atoms with Crippen molar-refractivity contribution in [2.45, 2.75) is 5.92 Å². The number of nitrogens with zero attached hydrogens (tertiary/aromatic N) is 1. The largest absolute Gasteiger partial charge is 0.507 e. The Labute approximate surface area is 233 Å². The number of halogens is 2. The Kier molecular flexibility index (Phi) is 6.28. The van der Waals surface area contributed by atoms with Gasteiger partial charge in [0.1, 0.15) is 16.6 Å². The van der Waals surface area contributed by atoms with Crippen LogP contribution in [0.1, 0.15) is 22.6 Å². The van der Waals surface area contributed by atoms with Gasteiger partial charge in [-0.1, -0.05) is 89.9 Å². The molecule has 4 aromatic carbocycles. The molecule has 0 amide bonds. The van der Waals surface area contributed by atoms with E-state index in [2.05, 4.69) is 0 Å². The summed E-state index contributed by atoms with van der Waals surface area (Å²) in [7, 11) is 0. The Balaban J connectivity index is 1.78. The highest BCUT2D eigenvalue weighted by Crippen LogP contribution is 2.50. The zero-order valence-electron chi connectivity index (χ0n) is 19.9. The number of hydrogen-bond donors (Lipinski definition) is 2. The third kappa shape index (κ3) is 4.00. The Morgan fingerprint density at radius 1 is 0.868 bits per heavy atom. The summed E-state index contributed by atoms with van der Waals surface area (Å²) in [6, 6.07) is 31.0. The number of hydrogen-bond acceptors (Lipinski definition) is 4. The summed E-state index contributed by atoms with van der Waals surface area (Å²) in [4.78, 5) is 16.0. The van der Waals surface area contributed by atoms with Crippen LogP contribution < -0.4 is 10.3 Å². The van der Waals surface area contributed by atoms with Gasteiger partial charge < -0.3 is 5.11 Å². The van der Waals surface area contributed by atoms with E-state index >= 15 is 0 Å². The van der Waals surface area contributed by atoms with E-state index in [4.69, 9.17) is 23.2 Å². The van der Waals surface area contributed by atoms with Crippen molar-refractivity contribution in [2.75, 3.05) is 4.90 Å². The summed E-state index contributed by atoms with van der Waals surface area (Å²) in [6.45, 7) is 0. The van der Waals surface area contributed by atoms with Crippen LogP contribution in [-0.2, 0) is 0 Å². The van der Waals surface area contributed by atoms with Crippen LogP contribution in [0.15, 0.2) is 113 Å². The summed E-state index contributed by atoms with van der Waals surface area (Å²) >= 11 is 14.4. The van der Waals surface area contributed by atoms with Gasteiger partial charge in [0.05, 0.1) is 0 Å². The molecule has 0 fully saturated rings. The van der Waals surface area contributed by atoms with Crippen LogP contribution in [0, 0.1) is 5.41 Å². The first-order chi connectivity index (χ1) is 18.5. The molecule has 186 valence electrons. The predicted octanol–water partition coefficient (Wildman–Crippen LogP) is 8.80. The molecule has 1 aromatic heterocycles. The van der Waals surface area contributed by atoms with E-state index in [9.17, 15) is 15.3 Å². The third-order valence-electron chi connectivity index (χ3n) is 6.66. The zero-order valence-corrected chi connectivity index (χ0v) is 22.2. The van der Waals surface area contributed by atoms with E-state index in [1.807, 2.05) is 66.7 Å². The molecule has 2 heterocycles. The van der Waals surface area contributed by atoms with Crippen molar-refractivity contribution in [3.05, 3.63) is 146 Å². The molecule has 0 aliphatic carbocycles. The van der Waals surface area contributed by atoms with Crippen molar-refractivity contribution < 1.29 is 5.11 Å². The maximum atomic E-state index is 14.3. The summed E-state index contributed by atoms with van der Waals surface area (Å²) in [6.07, 6.45) is 0. The van der Waals surface area contributed by atoms with E-state index in [1.165, 1.54) is 11.3 Å². The molecular weight excluding hydrogens is 535 g/mol. The second-order valence-corrected chi connectivity index (χ2v) is 10.8. The Hall–Kier alpha value is -3.90. The van der Waals surface area contributed by atoms with Crippen LogP contribution in [0.25, 0.3) is 15.8 Å². The van der Waals surface area contributed by atoms with Crippen LogP contribution in [0.5, 0.6) is 0 Å². The van der Waals surface area contributed by atoms with Crippen molar-refractivity contribution in [1.82, 2.24) is 0 Å². The minimum Gasteiger partial charge on any atom is -0.507 e. The van der Waals surface area contributed by atoms with Gasteiger partial charge in [-0.25, -0.2) is 0 Å². The molecular formula is C31H20Cl2N2O2S. The number of nitrogens with one attached hydrogen (secondary N) is 1. The van der Waals surface area contributed by atoms with Gasteiger partial charge in [0.2, 0.25) is 0 Å². The highest BCUT2D eigenvalue weighted by Gasteiger charge is 2.41. The lowest BCUT2D eigenvalue weighted by Gasteiger charge is -2.38. The molecule has 1 atom stereocenters. The Morgan fingerprint density at radius 3 is 2.24 bits per heavy atom. The highest BCUT2D eigenvalue weighted by atomic mass is 35.5. The molecule has 0 radical (unpaired) electrons. The van der Waals surface area contributed by atoms with E-state index in [1.54, 1.807) is 41.3 Å². The van der Waals surface area contributed by atoms with E-state index < -0.39 is 5.92 Å². The van der Waals surface area contributed by atoms with Gasteiger partial charge in [0.15, 0.2) is 5.43 Å². The molecule has 6 rings (SSSR count). The second-order valence-electron chi connectivity index (χ2n) is 8.89. The lowest BCUT2D eigenvalue weighted by atomic mass is 9.80. The number of para-hydroxylation sites is 1. The van der Waals surface area contributed by atoms with Crippen molar-refractivity contribution in [1.29, 1.82) is 5.41 Å². The number of aliphatic hydroxyl groups is 1. The SMILES string of the molecule is N=C1/C(=C(/O)c2ccccc2)[C@@H](c2ccccc2Cl)c2c(sc3cc(Cl)ccc3c2=O)N1c1ccccc1. The smallest absolute Gasteiger partial charge is 0.194 e. The highest BCUT2D eigenvalue weighted by molar-refractivity contribution is 7.22. The second kappa shape index (κ2) is 9.76. The first-order valence-electron chi connectivity index (χ1n) is 11.9. The third-order valence-corrected chi connectivity index (χ3v) is 8.39. The molecule has 0 saturated carbocycles. The normalized spacial score (nSPS) is 16.4. The van der Waals surface area contributed by atoms with E-state index in [-0.39, 0.29) is 17.0 Å². The molecule has 5 aromatic rings. The van der Waals surface area contributed by atoms with Crippen molar-refractivity contribution in [3.63, 3.8) is 0 Å². The van der Waals surface area contributed by atoms with Crippen molar-refractivity contribution in [2.24, 2.45) is 0 Å². The first kappa shape index (κ1) is 24.4. The summed E-state index contributed by atoms with van der Waals surface area (Å²) in [5.74, 6) is -0.782. The Morgan fingerprint density at radius 2 is 1.53 bits per heavy atom. The standard InChI is InChI=1S/C31H20Cl2N2O2S/c32-19-15-16-22-24(17-19)38-31-27(29(22)37)25(21-13-7-8-14-23(21)33)26(28(36)18-9-3-1-4-10-18)30(34)35(31)20-11-5-2-6-12-20/h1-17,25,34,36H/b28-26+,34-30?/t25-/m1/s1. The van der Waals surface area contributed by atoms with E-state index in [0.717, 1.165) is 0 Å². The van der Waals surface area contributed by atoms with Crippen LogP contribution in [0.3, 0.4) is 0 Å². The summed E-state index contributed by atoms with van der Waals surface area (Å²) < 4.78 is 0.715. The maximum Gasteiger partial charge on any atom is 0.194 e. The fourth-order valence-electron chi connectivity index (χ4n) is 4.94. The van der Waals surface area contributed by atoms with Crippen LogP contribution in [0.2, 0.25) is 10.0 Å². The minimum atomic E-state index is -0.768. The van der Waals surface area contributed by atoms with Gasteiger partial charge >= 0.3 is 0 Å². The number of benzene rings is 4. The van der Waals surface area contributed by atoms with Gasteiger partial charge in [0, 0.05) is 48.4 Å². The average molecular weight is 555 g/mol. The van der Waals surface area contributed by atoms with Crippen LogP contribution in [-0.4, -0.2) is 10.9 Å². The first-order valence-corrected chi connectivity index (χ1v) is 13.5. The minimum absolute atomic E-state index is 0.0620. The lowest BCUT2D eigenvalue weighted by molar-refractivity contribution is 0.505. The quantitative estimate of drug-likeness (QED) is 0.219. The number of fused-ring (bicyclic) bond motifs is 2. The molecule has 0 spiro atoms. The fourth-order valence-corrected chi connectivity index (χ4v) is 6.69. The van der Waals surface area contributed by atoms with Gasteiger partial charge in [-0.2, -0.15) is 0 Å². The van der Waals surface area contributed by atoms with Gasteiger partial charge in [0.25, 0.3) is 0 Å². The molecule has 38 heavy (non-hydrogen) atoms. The number of rotatable bonds is 3. The molecule has 1 aliphatic heterocycles. The molecule has 1 aliphatic rings. The van der Waals surface area contributed by atoms with Crippen molar-refractivity contribution in [3.8, 4) is 0 Å². The lowest BCUT2D eigenvalue weighted by Crippen LogP contribution is -2.38. The summed E-state index contributed by atoms with van der Waals surface area (Å²) in [5, 5.41) is 23.3. The zero-order chi connectivity index (χ0) is 26.4. The topological polar surface area (TPSA) is 64.4 Å². The Bertz CT molecular complexity index is 1800. The number of aliphatic hydroxyl groups excluding tert-OH is 1. The van der Waals surface area contributed by atoms with Crippen LogP contribution >= 0.6 is 34.5 Å². The predicted molar refractivity (Wildman–Crippen MR) is 159 cm³/mol. The molecule has 0 unspecified atom stereocenters. The average Bonchev–Trinajstić information content (AvgIpc) is 2.93. The summed E-state index contributed by atoms with van der Waals surface area (Å²) in [5.41, 5.74) is 2.45. The van der Waals surface area contributed by atoms with Crippen molar-refractivity contribution >= 4 is 66.9 Å². The maximum absolute atomic E-state index is 14.3.